The predicted molar refractivity (Wildman–Crippen MR) is 51.6 cm³/mol. The summed E-state index contributed by atoms with van der Waals surface area (Å²) in [5, 5.41) is 9.78. The Morgan fingerprint density at radius 3 is 3.00 bits per heavy atom. The molecule has 0 aliphatic rings. The molecule has 2 rings (SSSR count). The van der Waals surface area contributed by atoms with Gasteiger partial charge in [0.1, 0.15) is 6.10 Å². The van der Waals surface area contributed by atoms with Gasteiger partial charge in [-0.2, -0.15) is 0 Å². The van der Waals surface area contributed by atoms with Crippen molar-refractivity contribution in [2.45, 2.75) is 19.1 Å². The SMILES string of the molecule is CC(N)C(O)c1cnc2cnccn12. The molecule has 2 heterocycles. The molecule has 14 heavy (non-hydrogen) atoms. The van der Waals surface area contributed by atoms with Gasteiger partial charge in [0.2, 0.25) is 0 Å². The van der Waals surface area contributed by atoms with Gasteiger partial charge in [-0.15, -0.1) is 0 Å². The Morgan fingerprint density at radius 2 is 2.29 bits per heavy atom. The molecule has 0 aliphatic heterocycles. The first-order valence-corrected chi connectivity index (χ1v) is 4.41. The topological polar surface area (TPSA) is 76.4 Å². The number of imidazole rings is 1. The zero-order valence-corrected chi connectivity index (χ0v) is 7.83. The maximum absolute atomic E-state index is 9.78. The predicted octanol–water partition coefficient (Wildman–Crippen LogP) is 0.110. The van der Waals surface area contributed by atoms with Crippen LogP contribution in [-0.2, 0) is 0 Å². The Hall–Kier alpha value is -1.46. The molecule has 0 bridgehead atoms. The molecule has 2 atom stereocenters. The van der Waals surface area contributed by atoms with Crippen LogP contribution in [0.25, 0.3) is 5.65 Å². The largest absolute Gasteiger partial charge is 0.385 e. The average Bonchev–Trinajstić information content (AvgIpc) is 2.60. The molecular formula is C9H12N4O. The van der Waals surface area contributed by atoms with E-state index in [1.807, 2.05) is 0 Å². The molecule has 5 nitrogen and oxygen atoms in total. The Bertz CT molecular complexity index is 437. The maximum atomic E-state index is 9.78. The van der Waals surface area contributed by atoms with Crippen molar-refractivity contribution in [3.63, 3.8) is 0 Å². The molecule has 74 valence electrons. The van der Waals surface area contributed by atoms with Crippen LogP contribution in [0.3, 0.4) is 0 Å². The van der Waals surface area contributed by atoms with Gasteiger partial charge in [-0.3, -0.25) is 9.38 Å². The lowest BCUT2D eigenvalue weighted by atomic mass is 10.1. The molecule has 0 saturated heterocycles. The molecule has 0 amide bonds. The third-order valence-electron chi connectivity index (χ3n) is 2.15. The van der Waals surface area contributed by atoms with Crippen LogP contribution >= 0.6 is 0 Å². The Kier molecular flexibility index (Phi) is 2.18. The normalized spacial score (nSPS) is 15.6. The second-order valence-electron chi connectivity index (χ2n) is 3.29. The number of rotatable bonds is 2. The van der Waals surface area contributed by atoms with Gasteiger partial charge in [-0.05, 0) is 6.92 Å². The average molecular weight is 192 g/mol. The zero-order valence-electron chi connectivity index (χ0n) is 7.83. The molecule has 0 aliphatic carbocycles. The second kappa shape index (κ2) is 3.36. The van der Waals surface area contributed by atoms with Gasteiger partial charge < -0.3 is 10.8 Å². The van der Waals surface area contributed by atoms with E-state index in [2.05, 4.69) is 9.97 Å². The second-order valence-corrected chi connectivity index (χ2v) is 3.29. The summed E-state index contributed by atoms with van der Waals surface area (Å²) >= 11 is 0. The molecule has 0 saturated carbocycles. The molecule has 3 N–H and O–H groups in total. The minimum Gasteiger partial charge on any atom is -0.385 e. The molecule has 2 unspecified atom stereocenters. The van der Waals surface area contributed by atoms with Crippen molar-refractivity contribution in [2.75, 3.05) is 0 Å². The minimum absolute atomic E-state index is 0.317. The number of hydrogen-bond donors (Lipinski definition) is 2. The van der Waals surface area contributed by atoms with Crippen LogP contribution in [0.1, 0.15) is 18.7 Å². The van der Waals surface area contributed by atoms with Gasteiger partial charge in [-0.1, -0.05) is 0 Å². The smallest absolute Gasteiger partial charge is 0.155 e. The lowest BCUT2D eigenvalue weighted by Gasteiger charge is -2.13. The quantitative estimate of drug-likeness (QED) is 0.708. The van der Waals surface area contributed by atoms with E-state index in [-0.39, 0.29) is 6.04 Å². The highest BCUT2D eigenvalue weighted by molar-refractivity contribution is 5.37. The highest BCUT2D eigenvalue weighted by atomic mass is 16.3. The third kappa shape index (κ3) is 1.36. The van der Waals surface area contributed by atoms with Gasteiger partial charge in [0, 0.05) is 18.4 Å². The summed E-state index contributed by atoms with van der Waals surface area (Å²) in [4.78, 5) is 8.04. The lowest BCUT2D eigenvalue weighted by molar-refractivity contribution is 0.148. The van der Waals surface area contributed by atoms with E-state index in [1.165, 1.54) is 0 Å². The first-order valence-electron chi connectivity index (χ1n) is 4.41. The summed E-state index contributed by atoms with van der Waals surface area (Å²) in [6.45, 7) is 1.76. The summed E-state index contributed by atoms with van der Waals surface area (Å²) in [5.74, 6) is 0. The summed E-state index contributed by atoms with van der Waals surface area (Å²) in [6.07, 6.45) is 5.95. The highest BCUT2D eigenvalue weighted by Crippen LogP contribution is 2.16. The van der Waals surface area contributed by atoms with E-state index in [4.69, 9.17) is 5.73 Å². The highest BCUT2D eigenvalue weighted by Gasteiger charge is 2.16. The van der Waals surface area contributed by atoms with Gasteiger partial charge >= 0.3 is 0 Å². The molecule has 5 heteroatoms. The molecule has 2 aromatic rings. The van der Waals surface area contributed by atoms with Gasteiger partial charge in [-0.25, -0.2) is 4.98 Å². The fourth-order valence-corrected chi connectivity index (χ4v) is 1.35. The number of hydrogen-bond acceptors (Lipinski definition) is 4. The Morgan fingerprint density at radius 1 is 1.50 bits per heavy atom. The number of nitrogens with two attached hydrogens (primary N) is 1. The third-order valence-corrected chi connectivity index (χ3v) is 2.15. The lowest BCUT2D eigenvalue weighted by Crippen LogP contribution is -2.25. The van der Waals surface area contributed by atoms with E-state index < -0.39 is 6.10 Å². The number of aliphatic hydroxyl groups excluding tert-OH is 1. The van der Waals surface area contributed by atoms with Crippen molar-refractivity contribution in [1.29, 1.82) is 0 Å². The van der Waals surface area contributed by atoms with Crippen molar-refractivity contribution >= 4 is 5.65 Å². The molecule has 0 radical (unpaired) electrons. The maximum Gasteiger partial charge on any atom is 0.155 e. The van der Waals surface area contributed by atoms with E-state index in [9.17, 15) is 5.11 Å². The van der Waals surface area contributed by atoms with Crippen molar-refractivity contribution < 1.29 is 5.11 Å². The van der Waals surface area contributed by atoms with E-state index >= 15 is 0 Å². The van der Waals surface area contributed by atoms with Crippen LogP contribution in [-0.4, -0.2) is 25.5 Å². The first kappa shape index (κ1) is 9.11. The monoisotopic (exact) mass is 192 g/mol. The van der Waals surface area contributed by atoms with Crippen molar-refractivity contribution in [3.8, 4) is 0 Å². The van der Waals surface area contributed by atoms with Crippen LogP contribution < -0.4 is 5.73 Å². The van der Waals surface area contributed by atoms with Crippen LogP contribution in [0, 0.1) is 0 Å². The number of nitrogens with zero attached hydrogens (tertiary/aromatic N) is 3. The zero-order chi connectivity index (χ0) is 10.1. The van der Waals surface area contributed by atoms with E-state index in [1.54, 1.807) is 36.1 Å². The van der Waals surface area contributed by atoms with Gasteiger partial charge in [0.25, 0.3) is 0 Å². The standard InChI is InChI=1S/C9H12N4O/c1-6(10)9(14)7-4-12-8-5-11-2-3-13(7)8/h2-6,9,14H,10H2,1H3. The Balaban J connectivity index is 2.53. The van der Waals surface area contributed by atoms with Crippen LogP contribution in [0.5, 0.6) is 0 Å². The molecule has 0 spiro atoms. The summed E-state index contributed by atoms with van der Waals surface area (Å²) < 4.78 is 1.78. The molecule has 2 aromatic heterocycles. The number of aromatic nitrogens is 3. The van der Waals surface area contributed by atoms with Crippen molar-refractivity contribution in [1.82, 2.24) is 14.4 Å². The number of fused-ring (bicyclic) bond motifs is 1. The van der Waals surface area contributed by atoms with E-state index in [0.717, 1.165) is 0 Å². The molecular weight excluding hydrogens is 180 g/mol. The van der Waals surface area contributed by atoms with Gasteiger partial charge in [0.15, 0.2) is 5.65 Å². The van der Waals surface area contributed by atoms with Crippen LogP contribution in [0.4, 0.5) is 0 Å². The van der Waals surface area contributed by atoms with Crippen molar-refractivity contribution in [3.05, 3.63) is 30.5 Å². The van der Waals surface area contributed by atoms with Crippen LogP contribution in [0.15, 0.2) is 24.8 Å². The van der Waals surface area contributed by atoms with Crippen LogP contribution in [0.2, 0.25) is 0 Å². The van der Waals surface area contributed by atoms with Crippen molar-refractivity contribution in [2.24, 2.45) is 5.73 Å². The fourth-order valence-electron chi connectivity index (χ4n) is 1.35. The van der Waals surface area contributed by atoms with E-state index in [0.29, 0.717) is 11.3 Å². The fraction of sp³-hybridized carbons (Fsp3) is 0.333. The van der Waals surface area contributed by atoms with Gasteiger partial charge in [0.05, 0.1) is 18.1 Å². The summed E-state index contributed by atoms with van der Waals surface area (Å²) in [6, 6.07) is -0.317. The summed E-state index contributed by atoms with van der Waals surface area (Å²) in [7, 11) is 0. The number of aliphatic hydroxyl groups is 1. The molecule has 0 fully saturated rings. The summed E-state index contributed by atoms with van der Waals surface area (Å²) in [5.41, 5.74) is 7.01. The Labute approximate surface area is 81.2 Å². The first-order chi connectivity index (χ1) is 6.70. The molecule has 0 aromatic carbocycles. The minimum atomic E-state index is -0.701.